The molecule has 2 aromatic rings. The van der Waals surface area contributed by atoms with Crippen LogP contribution in [0.4, 0.5) is 10.6 Å². The first-order valence-corrected chi connectivity index (χ1v) is 8.13. The van der Waals surface area contributed by atoms with Gasteiger partial charge in [0.15, 0.2) is 0 Å². The van der Waals surface area contributed by atoms with Crippen LogP contribution in [-0.2, 0) is 4.74 Å². The number of ether oxygens (including phenoxy) is 1. The van der Waals surface area contributed by atoms with Crippen molar-refractivity contribution in [3.8, 4) is 0 Å². The molecule has 0 radical (unpaired) electrons. The van der Waals surface area contributed by atoms with Crippen molar-refractivity contribution in [1.82, 2.24) is 9.88 Å². The standard InChI is InChI=1S/C18H20N4O3/c19-17(23)14-7-4-8-16(20-14)21-18(24)22-10-9-15(25-12-11-22)13-5-2-1-3-6-13/h1-8,15H,9-12H2,(H2,19,23)(H,20,21,24). The molecule has 2 heterocycles. The molecule has 1 aromatic heterocycles. The Morgan fingerprint density at radius 1 is 1.12 bits per heavy atom. The summed E-state index contributed by atoms with van der Waals surface area (Å²) in [6, 6.07) is 14.4. The second-order valence-electron chi connectivity index (χ2n) is 5.75. The number of hydrogen-bond acceptors (Lipinski definition) is 4. The summed E-state index contributed by atoms with van der Waals surface area (Å²) < 4.78 is 5.87. The largest absolute Gasteiger partial charge is 0.372 e. The molecular weight excluding hydrogens is 320 g/mol. The number of nitrogens with two attached hydrogens (primary N) is 1. The normalized spacial score (nSPS) is 17.6. The summed E-state index contributed by atoms with van der Waals surface area (Å²) in [4.78, 5) is 29.3. The smallest absolute Gasteiger partial charge is 0.323 e. The van der Waals surface area contributed by atoms with Crippen molar-refractivity contribution in [2.75, 3.05) is 25.0 Å². The fraction of sp³-hybridized carbons (Fsp3) is 0.278. The third-order valence-corrected chi connectivity index (χ3v) is 4.04. The van der Waals surface area contributed by atoms with Gasteiger partial charge < -0.3 is 15.4 Å². The Labute approximate surface area is 145 Å². The van der Waals surface area contributed by atoms with E-state index in [1.807, 2.05) is 30.3 Å². The van der Waals surface area contributed by atoms with Crippen molar-refractivity contribution >= 4 is 17.8 Å². The number of primary amides is 1. The number of nitrogens with one attached hydrogen (secondary N) is 1. The van der Waals surface area contributed by atoms with E-state index in [0.717, 1.165) is 5.56 Å². The molecule has 1 fully saturated rings. The third-order valence-electron chi connectivity index (χ3n) is 4.04. The number of carbonyl (C=O) groups is 2. The number of urea groups is 1. The first-order valence-electron chi connectivity index (χ1n) is 8.13. The summed E-state index contributed by atoms with van der Waals surface area (Å²) in [5.41, 5.74) is 6.43. The minimum atomic E-state index is -0.634. The average molecular weight is 340 g/mol. The van der Waals surface area contributed by atoms with Crippen LogP contribution in [0.15, 0.2) is 48.5 Å². The lowest BCUT2D eigenvalue weighted by Crippen LogP contribution is -2.37. The van der Waals surface area contributed by atoms with E-state index in [9.17, 15) is 9.59 Å². The second-order valence-corrected chi connectivity index (χ2v) is 5.75. The van der Waals surface area contributed by atoms with Crippen molar-refractivity contribution in [3.63, 3.8) is 0 Å². The Hall–Kier alpha value is -2.93. The van der Waals surface area contributed by atoms with Crippen molar-refractivity contribution in [1.29, 1.82) is 0 Å². The van der Waals surface area contributed by atoms with Crippen LogP contribution in [0.25, 0.3) is 0 Å². The maximum absolute atomic E-state index is 12.4. The SMILES string of the molecule is NC(=O)c1cccc(NC(=O)N2CCOC(c3ccccc3)CC2)n1. The van der Waals surface area contributed by atoms with Gasteiger partial charge in [-0.25, -0.2) is 9.78 Å². The van der Waals surface area contributed by atoms with E-state index in [4.69, 9.17) is 10.5 Å². The monoisotopic (exact) mass is 340 g/mol. The molecule has 7 heteroatoms. The Balaban J connectivity index is 1.61. The Kier molecular flexibility index (Phi) is 5.25. The van der Waals surface area contributed by atoms with Crippen molar-refractivity contribution < 1.29 is 14.3 Å². The van der Waals surface area contributed by atoms with Gasteiger partial charge in [0.25, 0.3) is 5.91 Å². The molecule has 0 spiro atoms. The van der Waals surface area contributed by atoms with Crippen molar-refractivity contribution in [2.45, 2.75) is 12.5 Å². The number of amides is 3. The summed E-state index contributed by atoms with van der Waals surface area (Å²) in [6.07, 6.45) is 0.696. The van der Waals surface area contributed by atoms with E-state index in [0.29, 0.717) is 31.9 Å². The Morgan fingerprint density at radius 2 is 1.92 bits per heavy atom. The number of aromatic nitrogens is 1. The molecular formula is C18H20N4O3. The molecule has 0 aliphatic carbocycles. The zero-order valence-corrected chi connectivity index (χ0v) is 13.7. The minimum absolute atomic E-state index is 0.0182. The highest BCUT2D eigenvalue weighted by Gasteiger charge is 2.22. The second kappa shape index (κ2) is 7.76. The molecule has 3 rings (SSSR count). The van der Waals surface area contributed by atoms with Crippen LogP contribution in [0, 0.1) is 0 Å². The maximum atomic E-state index is 12.4. The van der Waals surface area contributed by atoms with Gasteiger partial charge in [-0.2, -0.15) is 0 Å². The van der Waals surface area contributed by atoms with Gasteiger partial charge in [-0.1, -0.05) is 36.4 Å². The number of benzene rings is 1. The number of rotatable bonds is 3. The summed E-state index contributed by atoms with van der Waals surface area (Å²) >= 11 is 0. The topological polar surface area (TPSA) is 97.5 Å². The van der Waals surface area contributed by atoms with Gasteiger partial charge in [-0.3, -0.25) is 10.1 Å². The predicted octanol–water partition coefficient (Wildman–Crippen LogP) is 2.18. The third kappa shape index (κ3) is 4.33. The molecule has 0 saturated carbocycles. The summed E-state index contributed by atoms with van der Waals surface area (Å²) in [5, 5.41) is 2.70. The highest BCUT2D eigenvalue weighted by molar-refractivity contribution is 5.92. The predicted molar refractivity (Wildman–Crippen MR) is 93.1 cm³/mol. The lowest BCUT2D eigenvalue weighted by molar-refractivity contribution is 0.0627. The molecule has 3 amide bonds. The Bertz CT molecular complexity index is 751. The van der Waals surface area contributed by atoms with E-state index in [-0.39, 0.29) is 17.8 Å². The van der Waals surface area contributed by atoms with E-state index in [1.165, 1.54) is 6.07 Å². The number of carbonyl (C=O) groups excluding carboxylic acids is 2. The highest BCUT2D eigenvalue weighted by atomic mass is 16.5. The molecule has 1 unspecified atom stereocenters. The zero-order chi connectivity index (χ0) is 17.6. The molecule has 1 saturated heterocycles. The van der Waals surface area contributed by atoms with E-state index < -0.39 is 5.91 Å². The molecule has 130 valence electrons. The molecule has 1 aromatic carbocycles. The van der Waals surface area contributed by atoms with E-state index in [2.05, 4.69) is 10.3 Å². The first kappa shape index (κ1) is 16.9. The maximum Gasteiger partial charge on any atom is 0.323 e. The average Bonchev–Trinajstić information content (AvgIpc) is 2.89. The summed E-state index contributed by atoms with van der Waals surface area (Å²) in [6.45, 7) is 1.52. The van der Waals surface area contributed by atoms with Gasteiger partial charge in [0.2, 0.25) is 0 Å². The van der Waals surface area contributed by atoms with Gasteiger partial charge in [-0.15, -0.1) is 0 Å². The number of pyridine rings is 1. The Morgan fingerprint density at radius 3 is 2.68 bits per heavy atom. The fourth-order valence-corrected chi connectivity index (χ4v) is 2.74. The van der Waals surface area contributed by atoms with Gasteiger partial charge >= 0.3 is 6.03 Å². The van der Waals surface area contributed by atoms with Gasteiger partial charge in [0.1, 0.15) is 11.5 Å². The van der Waals surface area contributed by atoms with E-state index in [1.54, 1.807) is 17.0 Å². The zero-order valence-electron chi connectivity index (χ0n) is 13.7. The highest BCUT2D eigenvalue weighted by Crippen LogP contribution is 2.23. The molecule has 1 aliphatic rings. The van der Waals surface area contributed by atoms with Crippen LogP contribution in [0.3, 0.4) is 0 Å². The van der Waals surface area contributed by atoms with Gasteiger partial charge in [-0.05, 0) is 24.1 Å². The van der Waals surface area contributed by atoms with Crippen LogP contribution >= 0.6 is 0 Å². The summed E-state index contributed by atoms with van der Waals surface area (Å²) in [7, 11) is 0. The molecule has 7 nitrogen and oxygen atoms in total. The quantitative estimate of drug-likeness (QED) is 0.895. The van der Waals surface area contributed by atoms with Crippen molar-refractivity contribution in [3.05, 3.63) is 59.8 Å². The van der Waals surface area contributed by atoms with Crippen LogP contribution in [-0.4, -0.2) is 41.5 Å². The molecule has 3 N–H and O–H groups in total. The molecule has 1 atom stereocenters. The van der Waals surface area contributed by atoms with Gasteiger partial charge in [0.05, 0.1) is 12.7 Å². The van der Waals surface area contributed by atoms with Crippen LogP contribution in [0.2, 0.25) is 0 Å². The molecule has 25 heavy (non-hydrogen) atoms. The molecule has 0 bridgehead atoms. The summed E-state index contributed by atoms with van der Waals surface area (Å²) in [5.74, 6) is -0.337. The lowest BCUT2D eigenvalue weighted by Gasteiger charge is -2.20. The van der Waals surface area contributed by atoms with E-state index >= 15 is 0 Å². The van der Waals surface area contributed by atoms with Gasteiger partial charge in [0, 0.05) is 13.1 Å². The van der Waals surface area contributed by atoms with Crippen LogP contribution < -0.4 is 11.1 Å². The number of anilines is 1. The van der Waals surface area contributed by atoms with Crippen molar-refractivity contribution in [2.24, 2.45) is 5.73 Å². The fourth-order valence-electron chi connectivity index (χ4n) is 2.74. The number of nitrogens with zero attached hydrogens (tertiary/aromatic N) is 2. The molecule has 1 aliphatic heterocycles. The number of hydrogen-bond donors (Lipinski definition) is 2. The minimum Gasteiger partial charge on any atom is -0.372 e. The first-order chi connectivity index (χ1) is 12.1. The lowest BCUT2D eigenvalue weighted by atomic mass is 10.1. The van der Waals surface area contributed by atoms with Crippen LogP contribution in [0.1, 0.15) is 28.6 Å². The van der Waals surface area contributed by atoms with Crippen LogP contribution in [0.5, 0.6) is 0 Å².